The maximum absolute atomic E-state index is 12.1. The Morgan fingerprint density at radius 3 is 2.73 bits per heavy atom. The summed E-state index contributed by atoms with van der Waals surface area (Å²) in [5.41, 5.74) is 5.19. The first-order valence-corrected chi connectivity index (χ1v) is 9.23. The van der Waals surface area contributed by atoms with Gasteiger partial charge < -0.3 is 10.1 Å². The Labute approximate surface area is 157 Å². The number of carbonyl (C=O) groups excluding carboxylic acids is 1. The number of thiazole rings is 1. The zero-order chi connectivity index (χ0) is 18.5. The second-order valence-electron chi connectivity index (χ2n) is 6.15. The number of aryl methyl sites for hydroxylation is 2. The van der Waals surface area contributed by atoms with Crippen molar-refractivity contribution in [3.63, 3.8) is 0 Å². The van der Waals surface area contributed by atoms with Gasteiger partial charge in [0, 0.05) is 23.3 Å². The minimum absolute atomic E-state index is 0.00885. The highest BCUT2D eigenvalue weighted by atomic mass is 32.1. The van der Waals surface area contributed by atoms with Crippen LogP contribution in [0.5, 0.6) is 5.75 Å². The molecule has 1 aromatic carbocycles. The number of hydrogen-bond acceptors (Lipinski definition) is 5. The van der Waals surface area contributed by atoms with Gasteiger partial charge in [0.25, 0.3) is 5.91 Å². The molecule has 2 heterocycles. The Hall–Kier alpha value is -2.73. The molecule has 0 unspecified atom stereocenters. The SMILES string of the molecule is Cc1cc(C)c(C)c(OCC(=O)NCc2csc(-c3ccncc3)n2)c1. The van der Waals surface area contributed by atoms with Crippen LogP contribution in [0.1, 0.15) is 22.4 Å². The Morgan fingerprint density at radius 1 is 1.19 bits per heavy atom. The number of carbonyl (C=O) groups is 1. The number of aromatic nitrogens is 2. The largest absolute Gasteiger partial charge is 0.483 e. The average Bonchev–Trinajstić information content (AvgIpc) is 3.11. The standard InChI is InChI=1S/C20H21N3O2S/c1-13-8-14(2)15(3)18(9-13)25-11-19(24)22-10-17-12-26-20(23-17)16-4-6-21-7-5-16/h4-9,12H,10-11H2,1-3H3,(H,22,24). The van der Waals surface area contributed by atoms with Gasteiger partial charge in [-0.2, -0.15) is 0 Å². The monoisotopic (exact) mass is 367 g/mol. The summed E-state index contributed by atoms with van der Waals surface area (Å²) in [5.74, 6) is 0.591. The van der Waals surface area contributed by atoms with Crippen LogP contribution in [0.25, 0.3) is 10.6 Å². The van der Waals surface area contributed by atoms with Gasteiger partial charge in [-0.25, -0.2) is 4.98 Å². The third-order valence-electron chi connectivity index (χ3n) is 4.07. The minimum atomic E-state index is -0.165. The molecule has 0 saturated carbocycles. The van der Waals surface area contributed by atoms with Crippen LogP contribution in [0, 0.1) is 20.8 Å². The fourth-order valence-corrected chi connectivity index (χ4v) is 3.38. The first kappa shape index (κ1) is 18.1. The lowest BCUT2D eigenvalue weighted by Crippen LogP contribution is -2.28. The van der Waals surface area contributed by atoms with E-state index in [4.69, 9.17) is 4.74 Å². The molecule has 0 saturated heterocycles. The Bertz CT molecular complexity index is 907. The predicted octanol–water partition coefficient (Wildman–Crippen LogP) is 3.83. The molecule has 2 aromatic heterocycles. The Balaban J connectivity index is 1.53. The van der Waals surface area contributed by atoms with Crippen molar-refractivity contribution in [2.24, 2.45) is 0 Å². The van der Waals surface area contributed by atoms with E-state index in [9.17, 15) is 4.79 Å². The fraction of sp³-hybridized carbons (Fsp3) is 0.250. The Morgan fingerprint density at radius 2 is 1.96 bits per heavy atom. The number of hydrogen-bond donors (Lipinski definition) is 1. The summed E-state index contributed by atoms with van der Waals surface area (Å²) in [6.07, 6.45) is 3.48. The molecule has 0 fully saturated rings. The lowest BCUT2D eigenvalue weighted by Gasteiger charge is -2.12. The lowest BCUT2D eigenvalue weighted by atomic mass is 10.1. The molecular weight excluding hydrogens is 346 g/mol. The fourth-order valence-electron chi connectivity index (χ4n) is 2.55. The van der Waals surface area contributed by atoms with Gasteiger partial charge in [0.2, 0.25) is 0 Å². The number of benzene rings is 1. The second kappa shape index (κ2) is 8.10. The summed E-state index contributed by atoms with van der Waals surface area (Å²) < 4.78 is 5.69. The lowest BCUT2D eigenvalue weighted by molar-refractivity contribution is -0.123. The molecule has 6 heteroatoms. The van der Waals surface area contributed by atoms with E-state index < -0.39 is 0 Å². The molecule has 0 radical (unpaired) electrons. The minimum Gasteiger partial charge on any atom is -0.483 e. The normalized spacial score (nSPS) is 10.6. The van der Waals surface area contributed by atoms with E-state index in [2.05, 4.69) is 21.4 Å². The summed E-state index contributed by atoms with van der Waals surface area (Å²) >= 11 is 1.55. The molecule has 1 N–H and O–H groups in total. The molecule has 26 heavy (non-hydrogen) atoms. The van der Waals surface area contributed by atoms with Crippen LogP contribution in [0.15, 0.2) is 42.0 Å². The summed E-state index contributed by atoms with van der Waals surface area (Å²) in [5, 5.41) is 5.72. The molecule has 0 aliphatic rings. The van der Waals surface area contributed by atoms with Gasteiger partial charge in [-0.15, -0.1) is 11.3 Å². The summed E-state index contributed by atoms with van der Waals surface area (Å²) in [7, 11) is 0. The van der Waals surface area contributed by atoms with E-state index in [-0.39, 0.29) is 12.5 Å². The van der Waals surface area contributed by atoms with E-state index in [0.29, 0.717) is 6.54 Å². The molecule has 3 rings (SSSR count). The summed E-state index contributed by atoms with van der Waals surface area (Å²) in [4.78, 5) is 20.6. The molecular formula is C20H21N3O2S. The number of rotatable bonds is 6. The van der Waals surface area contributed by atoms with Crippen molar-refractivity contribution in [2.45, 2.75) is 27.3 Å². The Kier molecular flexibility index (Phi) is 5.63. The van der Waals surface area contributed by atoms with Crippen molar-refractivity contribution in [1.82, 2.24) is 15.3 Å². The van der Waals surface area contributed by atoms with E-state index in [1.807, 2.05) is 44.4 Å². The summed E-state index contributed by atoms with van der Waals surface area (Å²) in [6, 6.07) is 7.89. The third kappa shape index (κ3) is 4.46. The van der Waals surface area contributed by atoms with Crippen molar-refractivity contribution in [3.8, 4) is 16.3 Å². The predicted molar refractivity (Wildman–Crippen MR) is 103 cm³/mol. The van der Waals surface area contributed by atoms with Crippen LogP contribution in [0.2, 0.25) is 0 Å². The molecule has 1 amide bonds. The van der Waals surface area contributed by atoms with Crippen LogP contribution in [0.3, 0.4) is 0 Å². The number of amides is 1. The molecule has 5 nitrogen and oxygen atoms in total. The highest BCUT2D eigenvalue weighted by Crippen LogP contribution is 2.24. The maximum Gasteiger partial charge on any atom is 0.258 e. The first-order valence-electron chi connectivity index (χ1n) is 8.35. The van der Waals surface area contributed by atoms with E-state index in [1.165, 1.54) is 0 Å². The summed E-state index contributed by atoms with van der Waals surface area (Å²) in [6.45, 7) is 6.43. The van der Waals surface area contributed by atoms with Crippen LogP contribution in [-0.4, -0.2) is 22.5 Å². The third-order valence-corrected chi connectivity index (χ3v) is 5.01. The highest BCUT2D eigenvalue weighted by Gasteiger charge is 2.09. The highest BCUT2D eigenvalue weighted by molar-refractivity contribution is 7.13. The molecule has 0 aliphatic heterocycles. The quantitative estimate of drug-likeness (QED) is 0.719. The maximum atomic E-state index is 12.1. The van der Waals surface area contributed by atoms with Crippen molar-refractivity contribution in [2.75, 3.05) is 6.61 Å². The van der Waals surface area contributed by atoms with Crippen LogP contribution < -0.4 is 10.1 Å². The number of nitrogens with one attached hydrogen (secondary N) is 1. The van der Waals surface area contributed by atoms with E-state index >= 15 is 0 Å². The van der Waals surface area contributed by atoms with Crippen molar-refractivity contribution in [1.29, 1.82) is 0 Å². The van der Waals surface area contributed by atoms with Crippen LogP contribution in [0.4, 0.5) is 0 Å². The van der Waals surface area contributed by atoms with Crippen LogP contribution >= 0.6 is 11.3 Å². The van der Waals surface area contributed by atoms with Gasteiger partial charge in [0.05, 0.1) is 12.2 Å². The second-order valence-corrected chi connectivity index (χ2v) is 7.01. The van der Waals surface area contributed by atoms with E-state index in [1.54, 1.807) is 23.7 Å². The van der Waals surface area contributed by atoms with Gasteiger partial charge in [-0.1, -0.05) is 6.07 Å². The van der Waals surface area contributed by atoms with Crippen molar-refractivity contribution < 1.29 is 9.53 Å². The van der Waals surface area contributed by atoms with Gasteiger partial charge in [-0.05, 0) is 55.7 Å². The van der Waals surface area contributed by atoms with Gasteiger partial charge in [0.15, 0.2) is 6.61 Å². The van der Waals surface area contributed by atoms with E-state index in [0.717, 1.165) is 38.7 Å². The molecule has 0 bridgehead atoms. The smallest absolute Gasteiger partial charge is 0.258 e. The van der Waals surface area contributed by atoms with Crippen LogP contribution in [-0.2, 0) is 11.3 Å². The number of nitrogens with zero attached hydrogens (tertiary/aromatic N) is 2. The number of pyridine rings is 1. The zero-order valence-corrected chi connectivity index (χ0v) is 15.9. The molecule has 0 atom stereocenters. The molecule has 0 aliphatic carbocycles. The zero-order valence-electron chi connectivity index (χ0n) is 15.1. The van der Waals surface area contributed by atoms with Gasteiger partial charge in [0.1, 0.15) is 10.8 Å². The van der Waals surface area contributed by atoms with Crippen molar-refractivity contribution >= 4 is 17.2 Å². The number of ether oxygens (including phenoxy) is 1. The van der Waals surface area contributed by atoms with Gasteiger partial charge >= 0.3 is 0 Å². The molecule has 0 spiro atoms. The average molecular weight is 367 g/mol. The molecule has 134 valence electrons. The van der Waals surface area contributed by atoms with Crippen molar-refractivity contribution in [3.05, 3.63) is 64.4 Å². The topological polar surface area (TPSA) is 64.1 Å². The van der Waals surface area contributed by atoms with Gasteiger partial charge in [-0.3, -0.25) is 9.78 Å². The molecule has 3 aromatic rings. The first-order chi connectivity index (χ1) is 12.5.